The van der Waals surface area contributed by atoms with Crippen molar-refractivity contribution in [3.05, 3.63) is 60.0 Å². The van der Waals surface area contributed by atoms with Gasteiger partial charge in [0.15, 0.2) is 0 Å². The minimum atomic E-state index is -3.78. The van der Waals surface area contributed by atoms with E-state index < -0.39 is 10.0 Å². The van der Waals surface area contributed by atoms with Crippen molar-refractivity contribution >= 4 is 10.0 Å². The summed E-state index contributed by atoms with van der Waals surface area (Å²) in [5.41, 5.74) is 1.07. The van der Waals surface area contributed by atoms with Gasteiger partial charge in [0.1, 0.15) is 10.7 Å². The number of hydrogen-bond donors (Lipinski definition) is 1. The first-order chi connectivity index (χ1) is 12.7. The van der Waals surface area contributed by atoms with E-state index >= 15 is 0 Å². The molecule has 2 N–H and O–H groups in total. The summed E-state index contributed by atoms with van der Waals surface area (Å²) < 4.78 is 41.6. The van der Waals surface area contributed by atoms with Crippen molar-refractivity contribution in [3.8, 4) is 11.4 Å². The molecule has 2 atom stereocenters. The molecule has 2 aromatic heterocycles. The molecule has 0 spiro atoms. The highest BCUT2D eigenvalue weighted by Gasteiger charge is 2.62. The lowest BCUT2D eigenvalue weighted by Gasteiger charge is -2.03. The standard InChI is InChI=1S/C18H17FN4O3S/c1-18(2)14(13-7-6-12(9-21-13)27(20,24)25)15(18)17-22-16(23-26-17)10-4-3-5-11(19)8-10/h3-9,14-15H,1-2H3,(H2,20,24,25)/t14-,15+/m0/s1. The summed E-state index contributed by atoms with van der Waals surface area (Å²) in [5, 5.41) is 9.07. The minimum absolute atomic E-state index is 0.00663. The molecule has 9 heteroatoms. The molecule has 1 saturated carbocycles. The maximum Gasteiger partial charge on any atom is 0.239 e. The van der Waals surface area contributed by atoms with Crippen molar-refractivity contribution < 1.29 is 17.3 Å². The Balaban J connectivity index is 1.62. The summed E-state index contributed by atoms with van der Waals surface area (Å²) in [6.45, 7) is 4.09. The van der Waals surface area contributed by atoms with Crippen LogP contribution in [0.5, 0.6) is 0 Å². The number of pyridine rings is 1. The summed E-state index contributed by atoms with van der Waals surface area (Å²) in [6, 6.07) is 9.08. The number of sulfonamides is 1. The van der Waals surface area contributed by atoms with Crippen molar-refractivity contribution in [2.45, 2.75) is 30.6 Å². The van der Waals surface area contributed by atoms with Crippen LogP contribution in [0.1, 0.15) is 37.3 Å². The molecule has 7 nitrogen and oxygen atoms in total. The molecule has 0 radical (unpaired) electrons. The van der Waals surface area contributed by atoms with Crippen molar-refractivity contribution in [3.63, 3.8) is 0 Å². The molecule has 140 valence electrons. The first-order valence-corrected chi connectivity index (χ1v) is 9.81. The summed E-state index contributed by atoms with van der Waals surface area (Å²) >= 11 is 0. The number of nitrogens with zero attached hydrogens (tertiary/aromatic N) is 3. The third-order valence-electron chi connectivity index (χ3n) is 5.02. The smallest absolute Gasteiger partial charge is 0.239 e. The molecular weight excluding hydrogens is 371 g/mol. The molecule has 27 heavy (non-hydrogen) atoms. The van der Waals surface area contributed by atoms with Crippen molar-refractivity contribution in [1.29, 1.82) is 0 Å². The van der Waals surface area contributed by atoms with Crippen LogP contribution in [0.15, 0.2) is 52.0 Å². The quantitative estimate of drug-likeness (QED) is 0.735. The van der Waals surface area contributed by atoms with Gasteiger partial charge in [0, 0.05) is 23.4 Å². The van der Waals surface area contributed by atoms with Crippen LogP contribution in [-0.4, -0.2) is 23.5 Å². The normalized spacial score (nSPS) is 21.2. The molecule has 3 aromatic rings. The molecule has 1 aliphatic carbocycles. The van der Waals surface area contributed by atoms with Crippen molar-refractivity contribution in [2.24, 2.45) is 10.6 Å². The van der Waals surface area contributed by atoms with E-state index in [0.717, 1.165) is 5.69 Å². The fourth-order valence-corrected chi connectivity index (χ4v) is 3.96. The molecule has 0 unspecified atom stereocenters. The summed E-state index contributed by atoms with van der Waals surface area (Å²) in [6.07, 6.45) is 1.25. The van der Waals surface area contributed by atoms with Gasteiger partial charge in [-0.3, -0.25) is 4.98 Å². The van der Waals surface area contributed by atoms with Gasteiger partial charge in [0.05, 0.1) is 5.92 Å². The van der Waals surface area contributed by atoms with E-state index in [4.69, 9.17) is 9.66 Å². The molecular formula is C18H17FN4O3S. The van der Waals surface area contributed by atoms with Gasteiger partial charge in [-0.15, -0.1) is 0 Å². The van der Waals surface area contributed by atoms with Crippen molar-refractivity contribution in [1.82, 2.24) is 15.1 Å². The van der Waals surface area contributed by atoms with Gasteiger partial charge in [0.2, 0.25) is 21.7 Å². The summed E-state index contributed by atoms with van der Waals surface area (Å²) in [7, 11) is -3.78. The van der Waals surface area contributed by atoms with Crippen LogP contribution in [0.25, 0.3) is 11.4 Å². The average molecular weight is 388 g/mol. The van der Waals surface area contributed by atoms with Crippen LogP contribution in [-0.2, 0) is 10.0 Å². The first kappa shape index (κ1) is 17.7. The number of benzene rings is 1. The Hall–Kier alpha value is -2.65. The average Bonchev–Trinajstić information content (AvgIpc) is 2.94. The number of rotatable bonds is 4. The topological polar surface area (TPSA) is 112 Å². The molecule has 0 amide bonds. The van der Waals surface area contributed by atoms with E-state index in [9.17, 15) is 12.8 Å². The number of aromatic nitrogens is 3. The fraction of sp³-hybridized carbons (Fsp3) is 0.278. The number of nitrogens with two attached hydrogens (primary N) is 1. The summed E-state index contributed by atoms with van der Waals surface area (Å²) in [5.74, 6) is 0.320. The lowest BCUT2D eigenvalue weighted by molar-refractivity contribution is 0.368. The highest BCUT2D eigenvalue weighted by Crippen LogP contribution is 2.69. The minimum Gasteiger partial charge on any atom is -0.339 e. The van der Waals surface area contributed by atoms with E-state index in [1.54, 1.807) is 18.2 Å². The van der Waals surface area contributed by atoms with Gasteiger partial charge in [-0.05, 0) is 29.7 Å². The molecule has 2 heterocycles. The van der Waals surface area contributed by atoms with Gasteiger partial charge in [-0.25, -0.2) is 17.9 Å². The zero-order valence-electron chi connectivity index (χ0n) is 14.6. The van der Waals surface area contributed by atoms with Gasteiger partial charge in [-0.2, -0.15) is 4.98 Å². The Morgan fingerprint density at radius 3 is 2.59 bits per heavy atom. The Kier molecular flexibility index (Phi) is 3.90. The lowest BCUT2D eigenvalue weighted by atomic mass is 10.1. The molecule has 0 aliphatic heterocycles. The van der Waals surface area contributed by atoms with Crippen LogP contribution in [0.2, 0.25) is 0 Å². The lowest BCUT2D eigenvalue weighted by Crippen LogP contribution is -2.12. The third-order valence-corrected chi connectivity index (χ3v) is 5.92. The van der Waals surface area contributed by atoms with Crippen LogP contribution < -0.4 is 5.14 Å². The maximum atomic E-state index is 13.4. The zero-order chi connectivity index (χ0) is 19.4. The SMILES string of the molecule is CC1(C)[C@@H](c2ccc(S(N)(=O)=O)cn2)[C@@H]1c1nc(-c2cccc(F)c2)no1. The van der Waals surface area contributed by atoms with E-state index in [1.807, 2.05) is 13.8 Å². The van der Waals surface area contributed by atoms with Gasteiger partial charge in [0.25, 0.3) is 0 Å². The maximum absolute atomic E-state index is 13.4. The van der Waals surface area contributed by atoms with Crippen LogP contribution in [0, 0.1) is 11.2 Å². The van der Waals surface area contributed by atoms with Crippen LogP contribution in [0.4, 0.5) is 4.39 Å². The van der Waals surface area contributed by atoms with Crippen LogP contribution in [0.3, 0.4) is 0 Å². The fourth-order valence-electron chi connectivity index (χ4n) is 3.50. The molecule has 1 aromatic carbocycles. The Labute approximate surface area is 155 Å². The van der Waals surface area contributed by atoms with E-state index in [1.165, 1.54) is 24.4 Å². The predicted octanol–water partition coefficient (Wildman–Crippen LogP) is 2.83. The second kappa shape index (κ2) is 5.93. The first-order valence-electron chi connectivity index (χ1n) is 8.26. The van der Waals surface area contributed by atoms with E-state index in [0.29, 0.717) is 17.3 Å². The number of halogens is 1. The Bertz CT molecular complexity index is 1110. The zero-order valence-corrected chi connectivity index (χ0v) is 15.4. The highest BCUT2D eigenvalue weighted by molar-refractivity contribution is 7.89. The number of hydrogen-bond acceptors (Lipinski definition) is 6. The molecule has 1 fully saturated rings. The molecule has 1 aliphatic rings. The van der Waals surface area contributed by atoms with Crippen LogP contribution >= 0.6 is 0 Å². The van der Waals surface area contributed by atoms with E-state index in [-0.39, 0.29) is 28.0 Å². The number of primary sulfonamides is 1. The molecule has 0 saturated heterocycles. The highest BCUT2D eigenvalue weighted by atomic mass is 32.2. The van der Waals surface area contributed by atoms with Gasteiger partial charge >= 0.3 is 0 Å². The molecule has 0 bridgehead atoms. The van der Waals surface area contributed by atoms with Gasteiger partial charge < -0.3 is 4.52 Å². The Morgan fingerprint density at radius 2 is 1.96 bits per heavy atom. The second-order valence-corrected chi connectivity index (χ2v) is 8.77. The monoisotopic (exact) mass is 388 g/mol. The largest absolute Gasteiger partial charge is 0.339 e. The van der Waals surface area contributed by atoms with E-state index in [2.05, 4.69) is 15.1 Å². The van der Waals surface area contributed by atoms with Crippen molar-refractivity contribution in [2.75, 3.05) is 0 Å². The predicted molar refractivity (Wildman–Crippen MR) is 94.6 cm³/mol. The Morgan fingerprint density at radius 1 is 1.19 bits per heavy atom. The second-order valence-electron chi connectivity index (χ2n) is 7.21. The molecule has 4 rings (SSSR count). The third kappa shape index (κ3) is 3.13. The summed E-state index contributed by atoms with van der Waals surface area (Å²) in [4.78, 5) is 8.65. The van der Waals surface area contributed by atoms with Gasteiger partial charge in [-0.1, -0.05) is 31.1 Å².